The van der Waals surface area contributed by atoms with E-state index in [1.54, 1.807) is 0 Å². The second-order valence-electron chi connectivity index (χ2n) is 3.63. The molecule has 12 heavy (non-hydrogen) atoms. The van der Waals surface area contributed by atoms with Gasteiger partial charge in [0, 0.05) is 6.42 Å². The van der Waals surface area contributed by atoms with E-state index >= 15 is 0 Å². The van der Waals surface area contributed by atoms with Crippen LogP contribution in [0.4, 0.5) is 0 Å². The van der Waals surface area contributed by atoms with Gasteiger partial charge in [-0.3, -0.25) is 0 Å². The highest BCUT2D eigenvalue weighted by atomic mass is 15.3. The molecule has 0 amide bonds. The van der Waals surface area contributed by atoms with Crippen molar-refractivity contribution >= 4 is 5.84 Å². The van der Waals surface area contributed by atoms with E-state index < -0.39 is 0 Å². The van der Waals surface area contributed by atoms with E-state index in [1.165, 1.54) is 0 Å². The summed E-state index contributed by atoms with van der Waals surface area (Å²) in [6.45, 7) is 6.49. The van der Waals surface area contributed by atoms with E-state index in [0.717, 1.165) is 25.1 Å². The monoisotopic (exact) mass is 167 g/mol. The quantitative estimate of drug-likeness (QED) is 0.617. The highest BCUT2D eigenvalue weighted by molar-refractivity contribution is 5.83. The maximum Gasteiger partial charge on any atom is 0.162 e. The van der Waals surface area contributed by atoms with Gasteiger partial charge in [0.1, 0.15) is 5.84 Å². The van der Waals surface area contributed by atoms with Crippen molar-refractivity contribution in [3.05, 3.63) is 0 Å². The molecule has 0 bridgehead atoms. The molecule has 0 N–H and O–H groups in total. The summed E-state index contributed by atoms with van der Waals surface area (Å²) in [5.41, 5.74) is 0. The van der Waals surface area contributed by atoms with Crippen LogP contribution in [0.2, 0.25) is 0 Å². The summed E-state index contributed by atoms with van der Waals surface area (Å²) in [6, 6.07) is 0. The lowest BCUT2D eigenvalue weighted by Gasteiger charge is -2.00. The number of aliphatic imine (C=N–C) groups is 1. The standard InChI is InChI=1S/C9H17N3/c1-4-5-8-10-9(12-11-8)6-7(2)3/h7-8H,4-6H2,1-3H3. The number of hydrogen-bond donors (Lipinski definition) is 0. The second kappa shape index (κ2) is 4.33. The fraction of sp³-hybridized carbons (Fsp3) is 0.889. The molecule has 3 heteroatoms. The SMILES string of the molecule is CCCC1N=NC(CC(C)C)=N1. The van der Waals surface area contributed by atoms with Gasteiger partial charge in [-0.25, -0.2) is 4.99 Å². The molecule has 1 atom stereocenters. The van der Waals surface area contributed by atoms with Gasteiger partial charge in [-0.05, 0) is 12.3 Å². The Bertz CT molecular complexity index is 194. The lowest BCUT2D eigenvalue weighted by molar-refractivity contribution is 0.627. The maximum absolute atomic E-state index is 4.40. The molecule has 0 aliphatic carbocycles. The molecule has 3 nitrogen and oxygen atoms in total. The average molecular weight is 167 g/mol. The Morgan fingerprint density at radius 1 is 1.42 bits per heavy atom. The number of rotatable bonds is 4. The molecule has 0 aromatic heterocycles. The third kappa shape index (κ3) is 2.72. The maximum atomic E-state index is 4.40. The highest BCUT2D eigenvalue weighted by Gasteiger charge is 2.13. The summed E-state index contributed by atoms with van der Waals surface area (Å²) in [5, 5.41) is 8.13. The van der Waals surface area contributed by atoms with Gasteiger partial charge >= 0.3 is 0 Å². The number of nitrogens with zero attached hydrogens (tertiary/aromatic N) is 3. The van der Waals surface area contributed by atoms with Crippen LogP contribution >= 0.6 is 0 Å². The third-order valence-corrected chi connectivity index (χ3v) is 1.74. The predicted molar refractivity (Wildman–Crippen MR) is 50.4 cm³/mol. The minimum Gasteiger partial charge on any atom is -0.240 e. The Labute approximate surface area is 74.0 Å². The van der Waals surface area contributed by atoms with Gasteiger partial charge in [0.15, 0.2) is 6.17 Å². The van der Waals surface area contributed by atoms with E-state index in [-0.39, 0.29) is 6.17 Å². The molecule has 0 radical (unpaired) electrons. The van der Waals surface area contributed by atoms with Crippen LogP contribution in [0.25, 0.3) is 0 Å². The Balaban J connectivity index is 2.39. The molecule has 0 spiro atoms. The predicted octanol–water partition coefficient (Wildman–Crippen LogP) is 3.02. The number of amidine groups is 1. The third-order valence-electron chi connectivity index (χ3n) is 1.74. The molecule has 1 unspecified atom stereocenters. The molecule has 0 aromatic carbocycles. The summed E-state index contributed by atoms with van der Waals surface area (Å²) < 4.78 is 0. The van der Waals surface area contributed by atoms with Crippen molar-refractivity contribution in [2.45, 2.75) is 46.2 Å². The minimum atomic E-state index is 0.128. The van der Waals surface area contributed by atoms with E-state index in [4.69, 9.17) is 0 Å². The van der Waals surface area contributed by atoms with Crippen LogP contribution in [0.5, 0.6) is 0 Å². The van der Waals surface area contributed by atoms with E-state index in [1.807, 2.05) is 0 Å². The summed E-state index contributed by atoms with van der Waals surface area (Å²) >= 11 is 0. The molecular weight excluding hydrogens is 150 g/mol. The van der Waals surface area contributed by atoms with Crippen molar-refractivity contribution in [2.24, 2.45) is 21.1 Å². The topological polar surface area (TPSA) is 37.1 Å². The second-order valence-corrected chi connectivity index (χ2v) is 3.63. The van der Waals surface area contributed by atoms with Gasteiger partial charge in [0.2, 0.25) is 0 Å². The number of azo groups is 1. The Kier molecular flexibility index (Phi) is 3.38. The average Bonchev–Trinajstić information content (AvgIpc) is 2.36. The van der Waals surface area contributed by atoms with Crippen LogP contribution in [0.3, 0.4) is 0 Å². The van der Waals surface area contributed by atoms with Gasteiger partial charge in [-0.2, -0.15) is 5.11 Å². The van der Waals surface area contributed by atoms with E-state index in [9.17, 15) is 0 Å². The van der Waals surface area contributed by atoms with Crippen molar-refractivity contribution in [3.63, 3.8) is 0 Å². The zero-order valence-electron chi connectivity index (χ0n) is 8.12. The van der Waals surface area contributed by atoms with Crippen LogP contribution in [-0.4, -0.2) is 12.0 Å². The van der Waals surface area contributed by atoms with Gasteiger partial charge in [0.25, 0.3) is 0 Å². The van der Waals surface area contributed by atoms with Crippen LogP contribution in [0.1, 0.15) is 40.0 Å². The summed E-state index contributed by atoms with van der Waals surface area (Å²) in [6.07, 6.45) is 3.25. The fourth-order valence-electron chi connectivity index (χ4n) is 1.20. The molecule has 0 fully saturated rings. The molecule has 68 valence electrons. The molecule has 1 heterocycles. The molecule has 1 rings (SSSR count). The fourth-order valence-corrected chi connectivity index (χ4v) is 1.20. The van der Waals surface area contributed by atoms with Crippen molar-refractivity contribution < 1.29 is 0 Å². The van der Waals surface area contributed by atoms with Crippen LogP contribution in [0, 0.1) is 5.92 Å². The minimum absolute atomic E-state index is 0.128. The first-order valence-electron chi connectivity index (χ1n) is 4.70. The molecule has 1 aliphatic heterocycles. The smallest absolute Gasteiger partial charge is 0.162 e. The van der Waals surface area contributed by atoms with Crippen molar-refractivity contribution in [2.75, 3.05) is 0 Å². The zero-order chi connectivity index (χ0) is 8.97. The Morgan fingerprint density at radius 2 is 2.17 bits per heavy atom. The first kappa shape index (κ1) is 9.36. The van der Waals surface area contributed by atoms with Crippen LogP contribution in [-0.2, 0) is 0 Å². The Hall–Kier alpha value is -0.730. The van der Waals surface area contributed by atoms with Crippen molar-refractivity contribution in [1.29, 1.82) is 0 Å². The van der Waals surface area contributed by atoms with Gasteiger partial charge in [-0.1, -0.05) is 27.2 Å². The lowest BCUT2D eigenvalue weighted by atomic mass is 10.1. The largest absolute Gasteiger partial charge is 0.240 e. The van der Waals surface area contributed by atoms with Crippen molar-refractivity contribution in [1.82, 2.24) is 0 Å². The van der Waals surface area contributed by atoms with E-state index in [2.05, 4.69) is 36.0 Å². The van der Waals surface area contributed by atoms with Crippen LogP contribution < -0.4 is 0 Å². The molecule has 1 aliphatic rings. The van der Waals surface area contributed by atoms with Crippen molar-refractivity contribution in [3.8, 4) is 0 Å². The first-order valence-corrected chi connectivity index (χ1v) is 4.70. The summed E-state index contributed by atoms with van der Waals surface area (Å²) in [5.74, 6) is 1.56. The molecule has 0 aromatic rings. The van der Waals surface area contributed by atoms with Crippen LogP contribution in [0.15, 0.2) is 15.2 Å². The normalized spacial score (nSPS) is 22.0. The van der Waals surface area contributed by atoms with Gasteiger partial charge in [0.05, 0.1) is 0 Å². The first-order chi connectivity index (χ1) is 5.72. The molecular formula is C9H17N3. The molecule has 0 saturated heterocycles. The lowest BCUT2D eigenvalue weighted by Crippen LogP contribution is -2.00. The van der Waals surface area contributed by atoms with E-state index in [0.29, 0.717) is 5.92 Å². The zero-order valence-corrected chi connectivity index (χ0v) is 8.12. The molecule has 0 saturated carbocycles. The summed E-state index contributed by atoms with van der Waals surface area (Å²) in [7, 11) is 0. The highest BCUT2D eigenvalue weighted by Crippen LogP contribution is 2.15. The van der Waals surface area contributed by atoms with Gasteiger partial charge < -0.3 is 0 Å². The number of hydrogen-bond acceptors (Lipinski definition) is 3. The van der Waals surface area contributed by atoms with Gasteiger partial charge in [-0.15, -0.1) is 5.11 Å². The Morgan fingerprint density at radius 3 is 2.75 bits per heavy atom. The summed E-state index contributed by atoms with van der Waals surface area (Å²) in [4.78, 5) is 4.40.